The number of benzene rings is 1. The number of rotatable bonds is 9. The maximum absolute atomic E-state index is 9.28. The van der Waals surface area contributed by atoms with Crippen LogP contribution in [0.5, 0.6) is 11.5 Å². The van der Waals surface area contributed by atoms with Gasteiger partial charge in [0.25, 0.3) is 0 Å². The Balaban J connectivity index is 2.87. The van der Waals surface area contributed by atoms with E-state index < -0.39 is 0 Å². The second-order valence-corrected chi connectivity index (χ2v) is 5.33. The minimum absolute atomic E-state index is 0.107. The SMILES string of the molecule is CCCNC(C)(CCO)Cc1ccc(OC)c(OC)c1. The van der Waals surface area contributed by atoms with Gasteiger partial charge in [-0.3, -0.25) is 0 Å². The number of nitrogens with one attached hydrogen (secondary N) is 1. The third-order valence-corrected chi connectivity index (χ3v) is 3.51. The number of aliphatic hydroxyl groups excluding tert-OH is 1. The van der Waals surface area contributed by atoms with Gasteiger partial charge in [0.2, 0.25) is 0 Å². The molecule has 0 saturated heterocycles. The molecule has 4 nitrogen and oxygen atoms in total. The van der Waals surface area contributed by atoms with E-state index >= 15 is 0 Å². The predicted molar refractivity (Wildman–Crippen MR) is 81.7 cm³/mol. The second kappa shape index (κ2) is 8.12. The fourth-order valence-corrected chi connectivity index (χ4v) is 2.35. The smallest absolute Gasteiger partial charge is 0.160 e. The second-order valence-electron chi connectivity index (χ2n) is 5.33. The van der Waals surface area contributed by atoms with Crippen molar-refractivity contribution >= 4 is 0 Å². The van der Waals surface area contributed by atoms with Gasteiger partial charge in [-0.15, -0.1) is 0 Å². The van der Waals surface area contributed by atoms with E-state index in [0.29, 0.717) is 0 Å². The number of hydrogen-bond acceptors (Lipinski definition) is 4. The standard InChI is InChI=1S/C16H27NO3/c1-5-9-17-16(2,8-10-18)12-13-6-7-14(19-3)15(11-13)20-4/h6-7,11,17-18H,5,8-10,12H2,1-4H3. The zero-order valence-electron chi connectivity index (χ0n) is 13.0. The van der Waals surface area contributed by atoms with Crippen LogP contribution in [0.15, 0.2) is 18.2 Å². The van der Waals surface area contributed by atoms with E-state index in [-0.39, 0.29) is 12.1 Å². The molecular weight excluding hydrogens is 254 g/mol. The van der Waals surface area contributed by atoms with Gasteiger partial charge in [0, 0.05) is 12.1 Å². The first-order valence-corrected chi connectivity index (χ1v) is 7.15. The van der Waals surface area contributed by atoms with Gasteiger partial charge in [-0.25, -0.2) is 0 Å². The monoisotopic (exact) mass is 281 g/mol. The summed E-state index contributed by atoms with van der Waals surface area (Å²) in [5, 5.41) is 12.8. The quantitative estimate of drug-likeness (QED) is 0.730. The minimum atomic E-state index is -0.107. The molecule has 1 aromatic carbocycles. The Kier molecular flexibility index (Phi) is 6.82. The zero-order chi connectivity index (χ0) is 15.0. The maximum Gasteiger partial charge on any atom is 0.160 e. The largest absolute Gasteiger partial charge is 0.493 e. The molecule has 1 rings (SSSR count). The summed E-state index contributed by atoms with van der Waals surface area (Å²) >= 11 is 0. The highest BCUT2D eigenvalue weighted by Crippen LogP contribution is 2.29. The molecule has 114 valence electrons. The molecule has 0 amide bonds. The summed E-state index contributed by atoms with van der Waals surface area (Å²) in [4.78, 5) is 0. The normalized spacial score (nSPS) is 13.8. The molecule has 0 saturated carbocycles. The highest BCUT2D eigenvalue weighted by Gasteiger charge is 2.23. The predicted octanol–water partition coefficient (Wildman–Crippen LogP) is 2.39. The van der Waals surface area contributed by atoms with Crippen LogP contribution >= 0.6 is 0 Å². The summed E-state index contributed by atoms with van der Waals surface area (Å²) in [5.74, 6) is 1.48. The Morgan fingerprint density at radius 1 is 1.20 bits per heavy atom. The van der Waals surface area contributed by atoms with Crippen LogP contribution in [0.1, 0.15) is 32.3 Å². The molecule has 20 heavy (non-hydrogen) atoms. The molecule has 0 aliphatic carbocycles. The van der Waals surface area contributed by atoms with E-state index in [1.54, 1.807) is 14.2 Å². The van der Waals surface area contributed by atoms with Crippen molar-refractivity contribution < 1.29 is 14.6 Å². The Hall–Kier alpha value is -1.26. The van der Waals surface area contributed by atoms with Crippen LogP contribution in [0.25, 0.3) is 0 Å². The molecule has 0 fully saturated rings. The van der Waals surface area contributed by atoms with Crippen LogP contribution in [-0.2, 0) is 6.42 Å². The number of methoxy groups -OCH3 is 2. The van der Waals surface area contributed by atoms with Gasteiger partial charge in [-0.2, -0.15) is 0 Å². The van der Waals surface area contributed by atoms with Crippen molar-refractivity contribution in [2.75, 3.05) is 27.4 Å². The topological polar surface area (TPSA) is 50.7 Å². The van der Waals surface area contributed by atoms with Crippen LogP contribution in [0.4, 0.5) is 0 Å². The highest BCUT2D eigenvalue weighted by molar-refractivity contribution is 5.43. The Bertz CT molecular complexity index is 409. The van der Waals surface area contributed by atoms with Crippen molar-refractivity contribution in [1.82, 2.24) is 5.32 Å². The number of aliphatic hydroxyl groups is 1. The first kappa shape index (κ1) is 16.8. The molecular formula is C16H27NO3. The van der Waals surface area contributed by atoms with Crippen molar-refractivity contribution in [2.24, 2.45) is 0 Å². The molecule has 1 aromatic rings. The van der Waals surface area contributed by atoms with Gasteiger partial charge >= 0.3 is 0 Å². The van der Waals surface area contributed by atoms with Crippen LogP contribution in [0, 0.1) is 0 Å². The van der Waals surface area contributed by atoms with Gasteiger partial charge < -0.3 is 19.9 Å². The summed E-state index contributed by atoms with van der Waals surface area (Å²) in [7, 11) is 3.28. The van der Waals surface area contributed by atoms with Crippen molar-refractivity contribution in [3.8, 4) is 11.5 Å². The lowest BCUT2D eigenvalue weighted by Gasteiger charge is -2.31. The molecule has 4 heteroatoms. The molecule has 1 unspecified atom stereocenters. The van der Waals surface area contributed by atoms with E-state index in [2.05, 4.69) is 19.2 Å². The lowest BCUT2D eigenvalue weighted by atomic mass is 9.89. The van der Waals surface area contributed by atoms with Crippen molar-refractivity contribution in [1.29, 1.82) is 0 Å². The average Bonchev–Trinajstić information content (AvgIpc) is 2.45. The molecule has 0 radical (unpaired) electrons. The van der Waals surface area contributed by atoms with Gasteiger partial charge in [-0.1, -0.05) is 13.0 Å². The zero-order valence-corrected chi connectivity index (χ0v) is 13.0. The third kappa shape index (κ3) is 4.69. The van der Waals surface area contributed by atoms with Crippen molar-refractivity contribution in [3.63, 3.8) is 0 Å². The van der Waals surface area contributed by atoms with E-state index in [0.717, 1.165) is 37.3 Å². The van der Waals surface area contributed by atoms with Gasteiger partial charge in [0.15, 0.2) is 11.5 Å². The summed E-state index contributed by atoms with van der Waals surface area (Å²) in [5.41, 5.74) is 1.06. The van der Waals surface area contributed by atoms with E-state index in [4.69, 9.17) is 9.47 Å². The molecule has 0 bridgehead atoms. The number of ether oxygens (including phenoxy) is 2. The van der Waals surface area contributed by atoms with Crippen molar-refractivity contribution in [3.05, 3.63) is 23.8 Å². The molecule has 0 aliphatic heterocycles. The van der Waals surface area contributed by atoms with Gasteiger partial charge in [0.1, 0.15) is 0 Å². The molecule has 1 atom stereocenters. The van der Waals surface area contributed by atoms with Gasteiger partial charge in [0.05, 0.1) is 14.2 Å². The number of hydrogen-bond donors (Lipinski definition) is 2. The summed E-state index contributed by atoms with van der Waals surface area (Å²) in [6.45, 7) is 5.42. The Morgan fingerprint density at radius 2 is 1.90 bits per heavy atom. The third-order valence-electron chi connectivity index (χ3n) is 3.51. The highest BCUT2D eigenvalue weighted by atomic mass is 16.5. The van der Waals surface area contributed by atoms with E-state index in [1.165, 1.54) is 5.56 Å². The summed E-state index contributed by atoms with van der Waals surface area (Å²) in [6, 6.07) is 5.97. The minimum Gasteiger partial charge on any atom is -0.493 e. The summed E-state index contributed by atoms with van der Waals surface area (Å²) < 4.78 is 10.6. The lowest BCUT2D eigenvalue weighted by Crippen LogP contribution is -2.45. The first-order chi connectivity index (χ1) is 9.58. The van der Waals surface area contributed by atoms with Crippen LogP contribution in [0.2, 0.25) is 0 Å². The molecule has 0 aliphatic rings. The average molecular weight is 281 g/mol. The molecule has 0 spiro atoms. The van der Waals surface area contributed by atoms with Crippen LogP contribution in [-0.4, -0.2) is 38.0 Å². The Labute approximate surface area is 122 Å². The molecule has 2 N–H and O–H groups in total. The molecule has 0 heterocycles. The lowest BCUT2D eigenvalue weighted by molar-refractivity contribution is 0.219. The fraction of sp³-hybridized carbons (Fsp3) is 0.625. The fourth-order valence-electron chi connectivity index (χ4n) is 2.35. The van der Waals surface area contributed by atoms with Crippen LogP contribution in [0.3, 0.4) is 0 Å². The van der Waals surface area contributed by atoms with Crippen LogP contribution < -0.4 is 14.8 Å². The first-order valence-electron chi connectivity index (χ1n) is 7.15. The van der Waals surface area contributed by atoms with Crippen molar-refractivity contribution in [2.45, 2.75) is 38.6 Å². The maximum atomic E-state index is 9.28. The molecule has 0 aromatic heterocycles. The van der Waals surface area contributed by atoms with Gasteiger partial charge in [-0.05, 0) is 50.4 Å². The summed E-state index contributed by atoms with van der Waals surface area (Å²) in [6.07, 6.45) is 2.64. The van der Waals surface area contributed by atoms with E-state index in [1.807, 2.05) is 18.2 Å². The Morgan fingerprint density at radius 3 is 2.45 bits per heavy atom. The van der Waals surface area contributed by atoms with E-state index in [9.17, 15) is 5.11 Å².